The molecule has 0 saturated heterocycles. The van der Waals surface area contributed by atoms with E-state index in [0.29, 0.717) is 6.42 Å². The minimum absolute atomic E-state index is 0.243. The molecule has 0 fully saturated rings. The number of unbranched alkanes of at least 4 members (excludes halogenated alkanes) is 3. The van der Waals surface area contributed by atoms with Gasteiger partial charge in [-0.2, -0.15) is 0 Å². The Hall–Kier alpha value is -2.24. The van der Waals surface area contributed by atoms with Crippen LogP contribution in [0.15, 0.2) is 27.4 Å². The molecule has 0 unspecified atom stereocenters. The van der Waals surface area contributed by atoms with Crippen LogP contribution in [0, 0.1) is 11.6 Å². The maximum absolute atomic E-state index is 14.1. The van der Waals surface area contributed by atoms with Crippen LogP contribution in [0.1, 0.15) is 59.3 Å². The third kappa shape index (κ3) is 3.32. The zero-order chi connectivity index (χ0) is 16.1. The van der Waals surface area contributed by atoms with Crippen LogP contribution >= 0.6 is 0 Å². The lowest BCUT2D eigenvalue weighted by Gasteiger charge is -1.98. The molecule has 6 heteroatoms. The molecule has 22 heavy (non-hydrogen) atoms. The molecule has 2 heterocycles. The number of rotatable bonds is 8. The Balaban J connectivity index is 2.09. The second kappa shape index (κ2) is 7.15. The van der Waals surface area contributed by atoms with Crippen LogP contribution < -0.4 is 0 Å². The topological polar surface area (TPSA) is 60.4 Å². The van der Waals surface area contributed by atoms with Crippen molar-refractivity contribution in [3.8, 4) is 0 Å². The summed E-state index contributed by atoms with van der Waals surface area (Å²) in [5, 5.41) is 0. The molecule has 0 atom stereocenters. The molecule has 0 N–H and O–H groups in total. The number of carbonyl (C=O) groups excluding carboxylic acids is 2. The minimum atomic E-state index is -1.27. The molecule has 0 amide bonds. The van der Waals surface area contributed by atoms with Crippen LogP contribution in [0.4, 0.5) is 8.78 Å². The van der Waals surface area contributed by atoms with E-state index in [1.807, 2.05) is 0 Å². The SMILES string of the molecule is CCCCCCc1coc(C(=O)C(=O)c2occc2F)c1F. The van der Waals surface area contributed by atoms with Crippen molar-refractivity contribution in [1.29, 1.82) is 0 Å². The molecule has 2 rings (SSSR count). The van der Waals surface area contributed by atoms with Gasteiger partial charge in [0.15, 0.2) is 11.6 Å². The van der Waals surface area contributed by atoms with Crippen LogP contribution in [0.25, 0.3) is 0 Å². The Morgan fingerprint density at radius 2 is 1.77 bits per heavy atom. The van der Waals surface area contributed by atoms with Crippen LogP contribution in [0.2, 0.25) is 0 Å². The molecular weight excluding hydrogens is 294 g/mol. The fourth-order valence-electron chi connectivity index (χ4n) is 2.11. The Morgan fingerprint density at radius 1 is 1.05 bits per heavy atom. The normalized spacial score (nSPS) is 10.9. The van der Waals surface area contributed by atoms with E-state index >= 15 is 0 Å². The highest BCUT2D eigenvalue weighted by Gasteiger charge is 2.30. The van der Waals surface area contributed by atoms with E-state index in [-0.39, 0.29) is 5.56 Å². The Bertz CT molecular complexity index is 669. The maximum Gasteiger partial charge on any atom is 0.275 e. The largest absolute Gasteiger partial charge is 0.457 e. The lowest BCUT2D eigenvalue weighted by atomic mass is 10.1. The van der Waals surface area contributed by atoms with E-state index in [2.05, 4.69) is 11.3 Å². The number of hydrogen-bond acceptors (Lipinski definition) is 4. The highest BCUT2D eigenvalue weighted by Crippen LogP contribution is 2.21. The summed E-state index contributed by atoms with van der Waals surface area (Å²) in [5.41, 5.74) is 0.243. The van der Waals surface area contributed by atoms with Crippen molar-refractivity contribution in [3.63, 3.8) is 0 Å². The van der Waals surface area contributed by atoms with Crippen LogP contribution in [0.5, 0.6) is 0 Å². The second-order valence-electron chi connectivity index (χ2n) is 4.97. The fourth-order valence-corrected chi connectivity index (χ4v) is 2.11. The van der Waals surface area contributed by atoms with Gasteiger partial charge in [-0.15, -0.1) is 0 Å². The quantitative estimate of drug-likeness (QED) is 0.413. The Morgan fingerprint density at radius 3 is 2.41 bits per heavy atom. The van der Waals surface area contributed by atoms with Crippen molar-refractivity contribution in [2.24, 2.45) is 0 Å². The lowest BCUT2D eigenvalue weighted by Crippen LogP contribution is -2.15. The molecule has 0 bridgehead atoms. The smallest absolute Gasteiger partial charge is 0.275 e. The van der Waals surface area contributed by atoms with Gasteiger partial charge in [0, 0.05) is 11.6 Å². The van der Waals surface area contributed by atoms with Gasteiger partial charge in [-0.1, -0.05) is 26.2 Å². The monoisotopic (exact) mass is 310 g/mol. The summed E-state index contributed by atoms with van der Waals surface area (Å²) in [5.74, 6) is -5.80. The number of Topliss-reactive ketones (excluding diaryl/α,β-unsaturated/α-hetero) is 2. The summed E-state index contributed by atoms with van der Waals surface area (Å²) in [4.78, 5) is 23.7. The summed E-state index contributed by atoms with van der Waals surface area (Å²) in [6.07, 6.45) is 6.29. The van der Waals surface area contributed by atoms with Gasteiger partial charge in [-0.05, 0) is 12.8 Å². The van der Waals surface area contributed by atoms with Gasteiger partial charge in [0.05, 0.1) is 12.5 Å². The molecule has 0 aliphatic carbocycles. The highest BCUT2D eigenvalue weighted by atomic mass is 19.1. The average molecular weight is 310 g/mol. The second-order valence-corrected chi connectivity index (χ2v) is 4.97. The van der Waals surface area contributed by atoms with Gasteiger partial charge in [-0.25, -0.2) is 8.78 Å². The van der Waals surface area contributed by atoms with E-state index in [0.717, 1.165) is 44.3 Å². The number of furan rings is 2. The summed E-state index contributed by atoms with van der Waals surface area (Å²) < 4.78 is 36.8. The summed E-state index contributed by atoms with van der Waals surface area (Å²) >= 11 is 0. The van der Waals surface area contributed by atoms with E-state index in [1.54, 1.807) is 0 Å². The van der Waals surface area contributed by atoms with Gasteiger partial charge < -0.3 is 8.83 Å². The molecule has 0 aliphatic heterocycles. The molecule has 0 aliphatic rings. The van der Waals surface area contributed by atoms with E-state index in [4.69, 9.17) is 4.42 Å². The lowest BCUT2D eigenvalue weighted by molar-refractivity contribution is 0.0778. The zero-order valence-electron chi connectivity index (χ0n) is 12.2. The van der Waals surface area contributed by atoms with Gasteiger partial charge in [0.2, 0.25) is 11.5 Å². The third-order valence-electron chi connectivity index (χ3n) is 3.34. The van der Waals surface area contributed by atoms with Crippen molar-refractivity contribution in [2.45, 2.75) is 39.0 Å². The molecule has 4 nitrogen and oxygen atoms in total. The molecule has 2 aromatic heterocycles. The van der Waals surface area contributed by atoms with Crippen molar-refractivity contribution >= 4 is 11.6 Å². The van der Waals surface area contributed by atoms with E-state index in [1.165, 1.54) is 0 Å². The van der Waals surface area contributed by atoms with Crippen molar-refractivity contribution in [3.05, 3.63) is 47.3 Å². The molecule has 118 valence electrons. The third-order valence-corrected chi connectivity index (χ3v) is 3.34. The first-order chi connectivity index (χ1) is 10.6. The maximum atomic E-state index is 14.1. The minimum Gasteiger partial charge on any atom is -0.457 e. The fraction of sp³-hybridized carbons (Fsp3) is 0.375. The van der Waals surface area contributed by atoms with Gasteiger partial charge >= 0.3 is 0 Å². The number of halogens is 2. The molecule has 0 saturated carbocycles. The van der Waals surface area contributed by atoms with Crippen molar-refractivity contribution in [2.75, 3.05) is 0 Å². The molecule has 0 aromatic carbocycles. The van der Waals surface area contributed by atoms with E-state index in [9.17, 15) is 18.4 Å². The zero-order valence-corrected chi connectivity index (χ0v) is 12.2. The first-order valence-corrected chi connectivity index (χ1v) is 7.14. The first-order valence-electron chi connectivity index (χ1n) is 7.14. The predicted molar refractivity (Wildman–Crippen MR) is 73.8 cm³/mol. The summed E-state index contributed by atoms with van der Waals surface area (Å²) in [6.45, 7) is 2.06. The molecule has 2 aromatic rings. The Labute approximate surface area is 126 Å². The molecular formula is C16H16F2O4. The number of ketones is 2. The molecule has 0 spiro atoms. The number of hydrogen-bond donors (Lipinski definition) is 0. The van der Waals surface area contributed by atoms with Gasteiger partial charge in [-0.3, -0.25) is 9.59 Å². The van der Waals surface area contributed by atoms with Gasteiger partial charge in [0.1, 0.15) is 0 Å². The van der Waals surface area contributed by atoms with Crippen molar-refractivity contribution < 1.29 is 27.2 Å². The van der Waals surface area contributed by atoms with Crippen molar-refractivity contribution in [1.82, 2.24) is 0 Å². The molecule has 0 radical (unpaired) electrons. The standard InChI is InChI=1S/C16H16F2O4/c1-2-3-4-5-6-10-9-22-16(12(10)18)14(20)13(19)15-11(17)7-8-21-15/h7-9H,2-6H2,1H3. The first kappa shape index (κ1) is 16.1. The average Bonchev–Trinajstić information content (AvgIpc) is 3.09. The van der Waals surface area contributed by atoms with E-state index < -0.39 is 34.7 Å². The summed E-state index contributed by atoms with van der Waals surface area (Å²) in [7, 11) is 0. The number of aryl methyl sites for hydroxylation is 1. The summed E-state index contributed by atoms with van der Waals surface area (Å²) in [6, 6.07) is 0.901. The van der Waals surface area contributed by atoms with Crippen LogP contribution in [-0.2, 0) is 6.42 Å². The van der Waals surface area contributed by atoms with Gasteiger partial charge in [0.25, 0.3) is 11.6 Å². The van der Waals surface area contributed by atoms with Crippen LogP contribution in [0.3, 0.4) is 0 Å². The Kier molecular flexibility index (Phi) is 5.25. The number of carbonyl (C=O) groups is 2. The predicted octanol–water partition coefficient (Wildman–Crippen LogP) is 4.34. The highest BCUT2D eigenvalue weighted by molar-refractivity contribution is 6.48. The van der Waals surface area contributed by atoms with Crippen LogP contribution in [-0.4, -0.2) is 11.6 Å².